The summed E-state index contributed by atoms with van der Waals surface area (Å²) in [5.41, 5.74) is 0.00490. The van der Waals surface area contributed by atoms with E-state index in [4.69, 9.17) is 38.3 Å². The molecule has 0 amide bonds. The van der Waals surface area contributed by atoms with Gasteiger partial charge in [-0.3, -0.25) is 20.2 Å². The fourth-order valence-corrected chi connectivity index (χ4v) is 3.23. The van der Waals surface area contributed by atoms with Gasteiger partial charge in [-0.15, -0.1) is 0 Å². The van der Waals surface area contributed by atoms with Crippen LogP contribution in [0.3, 0.4) is 0 Å². The van der Waals surface area contributed by atoms with E-state index in [0.29, 0.717) is 104 Å². The Labute approximate surface area is 228 Å². The van der Waals surface area contributed by atoms with Crippen molar-refractivity contribution in [1.82, 2.24) is 0 Å². The average Bonchev–Trinajstić information content (AvgIpc) is 2.92. The third kappa shape index (κ3) is 19.4. The number of aryl methyl sites for hydroxylation is 1. The molecule has 0 spiro atoms. The van der Waals surface area contributed by atoms with E-state index in [1.54, 1.807) is 0 Å². The molecule has 0 aliphatic heterocycles. The van der Waals surface area contributed by atoms with E-state index in [9.17, 15) is 20.2 Å². The average molecular weight is 563 g/mol. The predicted molar refractivity (Wildman–Crippen MR) is 140 cm³/mol. The molecule has 0 saturated carbocycles. The zero-order valence-corrected chi connectivity index (χ0v) is 22.5. The molecule has 0 bridgehead atoms. The first-order valence-electron chi connectivity index (χ1n) is 13.1. The van der Waals surface area contributed by atoms with Crippen LogP contribution in [0.1, 0.15) is 24.8 Å². The molecule has 0 atom stereocenters. The lowest BCUT2D eigenvalue weighted by molar-refractivity contribution is -0.394. The van der Waals surface area contributed by atoms with Crippen LogP contribution in [0.5, 0.6) is 0 Å². The predicted octanol–water partition coefficient (Wildman–Crippen LogP) is 2.32. The maximum atomic E-state index is 11.2. The molecule has 39 heavy (non-hydrogen) atoms. The summed E-state index contributed by atoms with van der Waals surface area (Å²) in [6.07, 6.45) is 2.85. The van der Waals surface area contributed by atoms with Gasteiger partial charge < -0.3 is 38.3 Å². The minimum atomic E-state index is -0.637. The van der Waals surface area contributed by atoms with Crippen LogP contribution in [0.4, 0.5) is 11.4 Å². The molecule has 0 aliphatic rings. The van der Waals surface area contributed by atoms with Crippen LogP contribution in [0.15, 0.2) is 18.2 Å². The molecule has 14 heteroatoms. The van der Waals surface area contributed by atoms with Crippen molar-refractivity contribution in [3.63, 3.8) is 0 Å². The summed E-state index contributed by atoms with van der Waals surface area (Å²) in [5.74, 6) is 0. The SMILES string of the molecule is O=[N+]([O-])c1ccc(CCCCCOCCOCCOCCOCCOCCOCCOCCO)c([N+](=O)[O-])c1. The summed E-state index contributed by atoms with van der Waals surface area (Å²) in [6, 6.07) is 3.76. The zero-order chi connectivity index (χ0) is 28.4. The van der Waals surface area contributed by atoms with Gasteiger partial charge in [0.25, 0.3) is 11.4 Å². The van der Waals surface area contributed by atoms with E-state index in [1.807, 2.05) is 0 Å². The molecule has 0 aliphatic carbocycles. The van der Waals surface area contributed by atoms with Gasteiger partial charge >= 0.3 is 0 Å². The number of nitro benzene ring substituents is 2. The van der Waals surface area contributed by atoms with Gasteiger partial charge in [-0.05, 0) is 25.3 Å². The number of hydrogen-bond donors (Lipinski definition) is 1. The van der Waals surface area contributed by atoms with E-state index in [1.165, 1.54) is 12.1 Å². The molecular formula is C25H42N2O12. The lowest BCUT2D eigenvalue weighted by Crippen LogP contribution is -2.14. The maximum absolute atomic E-state index is 11.2. The highest BCUT2D eigenvalue weighted by Gasteiger charge is 2.18. The second kappa shape index (κ2) is 24.7. The van der Waals surface area contributed by atoms with Crippen LogP contribution in [0, 0.1) is 20.2 Å². The summed E-state index contributed by atoms with van der Waals surface area (Å²) in [5, 5.41) is 30.5. The van der Waals surface area contributed by atoms with E-state index in [-0.39, 0.29) is 18.0 Å². The van der Waals surface area contributed by atoms with E-state index in [2.05, 4.69) is 0 Å². The van der Waals surface area contributed by atoms with Crippen LogP contribution in [-0.4, -0.2) is 114 Å². The van der Waals surface area contributed by atoms with Crippen molar-refractivity contribution in [2.45, 2.75) is 25.7 Å². The number of ether oxygens (including phenoxy) is 7. The first-order chi connectivity index (χ1) is 19.1. The van der Waals surface area contributed by atoms with Crippen molar-refractivity contribution in [2.75, 3.05) is 99.1 Å². The van der Waals surface area contributed by atoms with Crippen molar-refractivity contribution in [3.8, 4) is 0 Å². The summed E-state index contributed by atoms with van der Waals surface area (Å²) in [6.45, 7) is 6.57. The Morgan fingerprint density at radius 2 is 1.00 bits per heavy atom. The molecule has 0 radical (unpaired) electrons. The number of hydrogen-bond acceptors (Lipinski definition) is 12. The van der Waals surface area contributed by atoms with Gasteiger partial charge in [-0.25, -0.2) is 0 Å². The molecule has 0 aromatic heterocycles. The van der Waals surface area contributed by atoms with Gasteiger partial charge in [-0.1, -0.05) is 6.42 Å². The van der Waals surface area contributed by atoms with Gasteiger partial charge in [0, 0.05) is 18.2 Å². The van der Waals surface area contributed by atoms with Gasteiger partial charge in [0.05, 0.1) is 108 Å². The number of nitro groups is 2. The third-order valence-corrected chi connectivity index (χ3v) is 5.18. The maximum Gasteiger partial charge on any atom is 0.279 e. The van der Waals surface area contributed by atoms with Crippen molar-refractivity contribution >= 4 is 11.4 Å². The third-order valence-electron chi connectivity index (χ3n) is 5.18. The fourth-order valence-electron chi connectivity index (χ4n) is 3.23. The lowest BCUT2D eigenvalue weighted by Gasteiger charge is -2.08. The number of aliphatic hydroxyl groups excluding tert-OH is 1. The normalized spacial score (nSPS) is 11.2. The number of nitrogens with zero attached hydrogens (tertiary/aromatic N) is 2. The molecule has 0 unspecified atom stereocenters. The van der Waals surface area contributed by atoms with Crippen LogP contribution in [0.25, 0.3) is 0 Å². The smallest absolute Gasteiger partial charge is 0.279 e. The summed E-state index contributed by atoms with van der Waals surface area (Å²) in [4.78, 5) is 20.7. The van der Waals surface area contributed by atoms with Crippen LogP contribution in [-0.2, 0) is 39.6 Å². The minimum Gasteiger partial charge on any atom is -0.394 e. The molecule has 0 heterocycles. The summed E-state index contributed by atoms with van der Waals surface area (Å²) in [7, 11) is 0. The van der Waals surface area contributed by atoms with Crippen LogP contribution >= 0.6 is 0 Å². The Morgan fingerprint density at radius 1 is 0.564 bits per heavy atom. The first-order valence-corrected chi connectivity index (χ1v) is 13.1. The number of benzene rings is 1. The van der Waals surface area contributed by atoms with Gasteiger partial charge in [0.1, 0.15) is 0 Å². The van der Waals surface area contributed by atoms with E-state index >= 15 is 0 Å². The minimum absolute atomic E-state index is 0.0125. The number of aliphatic hydroxyl groups is 1. The monoisotopic (exact) mass is 562 g/mol. The molecule has 1 aromatic rings. The molecule has 1 aromatic carbocycles. The highest BCUT2D eigenvalue weighted by atomic mass is 16.6. The van der Waals surface area contributed by atoms with Crippen LogP contribution in [0.2, 0.25) is 0 Å². The molecule has 224 valence electrons. The quantitative estimate of drug-likeness (QED) is 0.0899. The fraction of sp³-hybridized carbons (Fsp3) is 0.760. The Kier molecular flexibility index (Phi) is 22.0. The van der Waals surface area contributed by atoms with Gasteiger partial charge in [0.2, 0.25) is 0 Å². The molecule has 1 N–H and O–H groups in total. The van der Waals surface area contributed by atoms with Crippen LogP contribution < -0.4 is 0 Å². The Hall–Kier alpha value is -2.30. The van der Waals surface area contributed by atoms with Crippen molar-refractivity contribution < 1.29 is 48.1 Å². The van der Waals surface area contributed by atoms with Crippen molar-refractivity contribution in [2.24, 2.45) is 0 Å². The molecule has 0 saturated heterocycles. The van der Waals surface area contributed by atoms with Gasteiger partial charge in [-0.2, -0.15) is 0 Å². The number of unbranched alkanes of at least 4 members (excludes halogenated alkanes) is 2. The number of non-ortho nitro benzene ring substituents is 1. The van der Waals surface area contributed by atoms with E-state index < -0.39 is 9.85 Å². The Balaban J connectivity index is 1.81. The highest BCUT2D eigenvalue weighted by molar-refractivity contribution is 5.49. The summed E-state index contributed by atoms with van der Waals surface area (Å²) < 4.78 is 37.5. The largest absolute Gasteiger partial charge is 0.394 e. The topological polar surface area (TPSA) is 171 Å². The first kappa shape index (κ1) is 34.7. The second-order valence-corrected chi connectivity index (χ2v) is 8.15. The molecule has 14 nitrogen and oxygen atoms in total. The second-order valence-electron chi connectivity index (χ2n) is 8.15. The highest BCUT2D eigenvalue weighted by Crippen LogP contribution is 2.26. The molecular weight excluding hydrogens is 520 g/mol. The van der Waals surface area contributed by atoms with Crippen molar-refractivity contribution in [1.29, 1.82) is 0 Å². The lowest BCUT2D eigenvalue weighted by atomic mass is 10.0. The van der Waals surface area contributed by atoms with Gasteiger partial charge in [0.15, 0.2) is 0 Å². The van der Waals surface area contributed by atoms with Crippen molar-refractivity contribution in [3.05, 3.63) is 44.0 Å². The molecule has 1 rings (SSSR count). The Bertz CT molecular complexity index is 769. The number of rotatable bonds is 28. The molecule has 0 fully saturated rings. The zero-order valence-electron chi connectivity index (χ0n) is 22.5. The Morgan fingerprint density at radius 3 is 1.41 bits per heavy atom. The standard InChI is InChI=1S/C25H42N2O12/c28-7-9-34-11-13-36-15-17-38-19-21-39-20-18-37-16-14-35-12-10-33-8-3-1-2-4-23-5-6-24(26(29)30)22-25(23)27(31)32/h5-6,22,28H,1-4,7-21H2. The van der Waals surface area contributed by atoms with E-state index in [0.717, 1.165) is 25.3 Å². The summed E-state index contributed by atoms with van der Waals surface area (Å²) >= 11 is 0.